The van der Waals surface area contributed by atoms with Gasteiger partial charge in [-0.25, -0.2) is 0 Å². The van der Waals surface area contributed by atoms with Gasteiger partial charge >= 0.3 is 0 Å². The first kappa shape index (κ1) is 11.4. The summed E-state index contributed by atoms with van der Waals surface area (Å²) in [7, 11) is 0. The summed E-state index contributed by atoms with van der Waals surface area (Å²) in [5, 5.41) is 0. The lowest BCUT2D eigenvalue weighted by Gasteiger charge is -2.41. The normalized spacial score (nSPS) is 35.6. The van der Waals surface area contributed by atoms with Crippen LogP contribution in [0.5, 0.6) is 0 Å². The highest BCUT2D eigenvalue weighted by atomic mass is 15.3. The van der Waals surface area contributed by atoms with E-state index in [1.165, 1.54) is 58.4 Å². The zero-order chi connectivity index (χ0) is 10.7. The second-order valence-corrected chi connectivity index (χ2v) is 5.04. The van der Waals surface area contributed by atoms with Gasteiger partial charge in [0.25, 0.3) is 0 Å². The summed E-state index contributed by atoms with van der Waals surface area (Å²) in [6.45, 7) is 8.54. The molecule has 1 saturated heterocycles. The van der Waals surface area contributed by atoms with Gasteiger partial charge in [-0.3, -0.25) is 4.90 Å². The molecule has 1 aliphatic heterocycles. The van der Waals surface area contributed by atoms with Crippen LogP contribution in [0.2, 0.25) is 0 Å². The van der Waals surface area contributed by atoms with Crippen molar-refractivity contribution in [3.63, 3.8) is 0 Å². The van der Waals surface area contributed by atoms with Gasteiger partial charge in [-0.2, -0.15) is 0 Å². The van der Waals surface area contributed by atoms with E-state index in [-0.39, 0.29) is 0 Å². The van der Waals surface area contributed by atoms with Crippen molar-refractivity contribution < 1.29 is 0 Å². The maximum Gasteiger partial charge on any atom is 0.0113 e. The third-order valence-electron chi connectivity index (χ3n) is 4.11. The minimum absolute atomic E-state index is 0.484. The molecular weight excluding hydrogens is 186 g/mol. The lowest BCUT2D eigenvalue weighted by Crippen LogP contribution is -2.51. The molecule has 15 heavy (non-hydrogen) atoms. The van der Waals surface area contributed by atoms with Gasteiger partial charge in [0.1, 0.15) is 0 Å². The van der Waals surface area contributed by atoms with Crippen LogP contribution in [0.4, 0.5) is 0 Å². The Morgan fingerprint density at radius 2 is 1.60 bits per heavy atom. The molecule has 0 aromatic rings. The van der Waals surface area contributed by atoms with Crippen molar-refractivity contribution >= 4 is 0 Å². The van der Waals surface area contributed by atoms with Crippen molar-refractivity contribution in [1.82, 2.24) is 9.80 Å². The quantitative estimate of drug-likeness (QED) is 0.736. The van der Waals surface area contributed by atoms with Gasteiger partial charge in [0, 0.05) is 38.3 Å². The van der Waals surface area contributed by atoms with Crippen molar-refractivity contribution in [2.24, 2.45) is 5.73 Å². The van der Waals surface area contributed by atoms with Crippen LogP contribution in [-0.2, 0) is 0 Å². The molecule has 0 radical (unpaired) electrons. The highest BCUT2D eigenvalue weighted by Gasteiger charge is 2.26. The van der Waals surface area contributed by atoms with Crippen molar-refractivity contribution in [1.29, 1.82) is 0 Å². The first-order valence-electron chi connectivity index (χ1n) is 6.51. The molecule has 1 heterocycles. The lowest BCUT2D eigenvalue weighted by atomic mass is 9.90. The summed E-state index contributed by atoms with van der Waals surface area (Å²) in [6, 6.07) is 1.32. The second kappa shape index (κ2) is 5.28. The Morgan fingerprint density at radius 3 is 2.13 bits per heavy atom. The molecule has 0 aromatic heterocycles. The first-order valence-corrected chi connectivity index (χ1v) is 6.51. The molecule has 0 unspecified atom stereocenters. The fourth-order valence-electron chi connectivity index (χ4n) is 2.91. The zero-order valence-corrected chi connectivity index (χ0v) is 9.99. The molecule has 0 atom stereocenters. The van der Waals surface area contributed by atoms with E-state index in [9.17, 15) is 0 Å². The summed E-state index contributed by atoms with van der Waals surface area (Å²) in [4.78, 5) is 5.24. The van der Waals surface area contributed by atoms with E-state index >= 15 is 0 Å². The topological polar surface area (TPSA) is 32.5 Å². The van der Waals surface area contributed by atoms with E-state index in [1.807, 2.05) is 0 Å². The van der Waals surface area contributed by atoms with Crippen LogP contribution in [0.1, 0.15) is 32.6 Å². The zero-order valence-electron chi connectivity index (χ0n) is 9.99. The van der Waals surface area contributed by atoms with Gasteiger partial charge in [0.15, 0.2) is 0 Å². The van der Waals surface area contributed by atoms with Crippen molar-refractivity contribution in [2.45, 2.75) is 44.7 Å². The molecule has 3 nitrogen and oxygen atoms in total. The molecule has 0 spiro atoms. The Labute approximate surface area is 93.6 Å². The Bertz CT molecular complexity index is 179. The lowest BCUT2D eigenvalue weighted by molar-refractivity contribution is 0.0790. The van der Waals surface area contributed by atoms with Gasteiger partial charge in [0.2, 0.25) is 0 Å². The molecule has 2 N–H and O–H groups in total. The summed E-state index contributed by atoms with van der Waals surface area (Å²) in [6.07, 6.45) is 5.12. The fourth-order valence-corrected chi connectivity index (χ4v) is 2.91. The van der Waals surface area contributed by atoms with Crippen molar-refractivity contribution in [3.8, 4) is 0 Å². The van der Waals surface area contributed by atoms with E-state index in [4.69, 9.17) is 5.73 Å². The molecule has 88 valence electrons. The van der Waals surface area contributed by atoms with Crippen LogP contribution in [-0.4, -0.2) is 54.6 Å². The minimum Gasteiger partial charge on any atom is -0.328 e. The Hall–Kier alpha value is -0.120. The average molecular weight is 211 g/mol. The van der Waals surface area contributed by atoms with E-state index in [0.717, 1.165) is 6.04 Å². The Morgan fingerprint density at radius 1 is 1.00 bits per heavy atom. The van der Waals surface area contributed by atoms with Gasteiger partial charge in [-0.15, -0.1) is 0 Å². The summed E-state index contributed by atoms with van der Waals surface area (Å²) in [5.41, 5.74) is 5.94. The molecule has 2 rings (SSSR count). The average Bonchev–Trinajstić information content (AvgIpc) is 2.30. The summed E-state index contributed by atoms with van der Waals surface area (Å²) in [5.74, 6) is 0. The predicted octanol–water partition coefficient (Wildman–Crippen LogP) is 0.894. The van der Waals surface area contributed by atoms with Gasteiger partial charge < -0.3 is 10.6 Å². The Balaban J connectivity index is 1.75. The predicted molar refractivity (Wildman–Crippen MR) is 63.9 cm³/mol. The van der Waals surface area contributed by atoms with E-state index in [1.54, 1.807) is 0 Å². The maximum absolute atomic E-state index is 5.94. The van der Waals surface area contributed by atoms with E-state index in [0.29, 0.717) is 6.04 Å². The number of nitrogens with two attached hydrogens (primary N) is 1. The van der Waals surface area contributed by atoms with Crippen LogP contribution >= 0.6 is 0 Å². The molecular formula is C12H25N3. The highest BCUT2D eigenvalue weighted by molar-refractivity contribution is 4.83. The number of piperazine rings is 1. The molecule has 3 heteroatoms. The van der Waals surface area contributed by atoms with Gasteiger partial charge in [-0.1, -0.05) is 6.92 Å². The molecule has 2 fully saturated rings. The summed E-state index contributed by atoms with van der Waals surface area (Å²) < 4.78 is 0. The van der Waals surface area contributed by atoms with Crippen LogP contribution in [0.25, 0.3) is 0 Å². The van der Waals surface area contributed by atoms with Crippen LogP contribution in [0.15, 0.2) is 0 Å². The number of likely N-dealkylation sites (N-methyl/N-ethyl adjacent to an activating group) is 1. The largest absolute Gasteiger partial charge is 0.328 e. The third-order valence-corrected chi connectivity index (χ3v) is 4.11. The van der Waals surface area contributed by atoms with E-state index < -0.39 is 0 Å². The number of hydrogen-bond acceptors (Lipinski definition) is 3. The van der Waals surface area contributed by atoms with Crippen LogP contribution in [0.3, 0.4) is 0 Å². The molecule has 0 amide bonds. The number of hydrogen-bond donors (Lipinski definition) is 1. The molecule has 1 saturated carbocycles. The SMILES string of the molecule is CCN1CCN(C2CCC(N)CC2)CC1. The monoisotopic (exact) mass is 211 g/mol. The first-order chi connectivity index (χ1) is 7.29. The molecule has 0 bridgehead atoms. The van der Waals surface area contributed by atoms with E-state index in [2.05, 4.69) is 16.7 Å². The molecule has 0 aromatic carbocycles. The summed E-state index contributed by atoms with van der Waals surface area (Å²) >= 11 is 0. The standard InChI is InChI=1S/C12H25N3/c1-2-14-7-9-15(10-8-14)12-5-3-11(13)4-6-12/h11-12H,2-10,13H2,1H3. The van der Waals surface area contributed by atoms with Crippen molar-refractivity contribution in [2.75, 3.05) is 32.7 Å². The molecule has 1 aliphatic carbocycles. The number of nitrogens with zero attached hydrogens (tertiary/aromatic N) is 2. The van der Waals surface area contributed by atoms with Gasteiger partial charge in [-0.05, 0) is 32.2 Å². The third kappa shape index (κ3) is 2.92. The Kier molecular flexibility index (Phi) is 4.00. The minimum atomic E-state index is 0.484. The smallest absolute Gasteiger partial charge is 0.0113 e. The maximum atomic E-state index is 5.94. The van der Waals surface area contributed by atoms with Crippen LogP contribution in [0, 0.1) is 0 Å². The van der Waals surface area contributed by atoms with Gasteiger partial charge in [0.05, 0.1) is 0 Å². The van der Waals surface area contributed by atoms with Crippen LogP contribution < -0.4 is 5.73 Å². The molecule has 2 aliphatic rings. The highest BCUT2D eigenvalue weighted by Crippen LogP contribution is 2.22. The van der Waals surface area contributed by atoms with Crippen molar-refractivity contribution in [3.05, 3.63) is 0 Å². The fraction of sp³-hybridized carbons (Fsp3) is 1.00. The second-order valence-electron chi connectivity index (χ2n) is 5.04. The number of rotatable bonds is 2.